The monoisotopic (exact) mass is 437 g/mol. The summed E-state index contributed by atoms with van der Waals surface area (Å²) in [5.41, 5.74) is 3.79. The number of likely N-dealkylation sites (tertiary alicyclic amines) is 1. The maximum atomic E-state index is 13.4. The Labute approximate surface area is 189 Å². The number of rotatable bonds is 3. The highest BCUT2D eigenvalue weighted by atomic mass is 16.2. The third kappa shape index (κ3) is 3.58. The Morgan fingerprint density at radius 3 is 2.56 bits per heavy atom. The predicted octanol–water partition coefficient (Wildman–Crippen LogP) is 3.08. The van der Waals surface area contributed by atoms with Crippen molar-refractivity contribution in [1.29, 1.82) is 0 Å². The van der Waals surface area contributed by atoms with E-state index in [1.807, 2.05) is 0 Å². The Bertz CT molecular complexity index is 1070. The van der Waals surface area contributed by atoms with Gasteiger partial charge >= 0.3 is 0 Å². The normalized spacial score (nSPS) is 27.6. The molecule has 1 saturated heterocycles. The first-order valence-corrected chi connectivity index (χ1v) is 12.7. The number of carbonyl (C=O) groups is 1. The maximum Gasteiger partial charge on any atom is 0.277 e. The number of hydrogen-bond donors (Lipinski definition) is 1. The summed E-state index contributed by atoms with van der Waals surface area (Å²) in [5, 5.41) is 3.38. The topological polar surface area (TPSA) is 73.7 Å². The molecule has 0 spiro atoms. The van der Waals surface area contributed by atoms with Gasteiger partial charge in [0.25, 0.3) is 5.56 Å². The Morgan fingerprint density at radius 1 is 1.09 bits per heavy atom. The quantitative estimate of drug-likeness (QED) is 0.801. The van der Waals surface area contributed by atoms with Gasteiger partial charge in [0.1, 0.15) is 0 Å². The van der Waals surface area contributed by atoms with Gasteiger partial charge in [-0.3, -0.25) is 19.6 Å². The molecule has 32 heavy (non-hydrogen) atoms. The molecule has 2 aliphatic heterocycles. The summed E-state index contributed by atoms with van der Waals surface area (Å²) in [6.07, 6.45) is 10.3. The molecule has 0 bridgehead atoms. The van der Waals surface area contributed by atoms with E-state index in [1.54, 1.807) is 4.52 Å². The maximum absolute atomic E-state index is 13.4. The van der Waals surface area contributed by atoms with Crippen molar-refractivity contribution in [2.75, 3.05) is 19.6 Å². The number of aromatic nitrogens is 3. The molecule has 2 aliphatic carbocycles. The molecule has 1 N–H and O–H groups in total. The Hall–Kier alpha value is -2.15. The van der Waals surface area contributed by atoms with E-state index in [2.05, 4.69) is 27.9 Å². The number of carbonyl (C=O) groups excluding carboxylic acids is 1. The van der Waals surface area contributed by atoms with Gasteiger partial charge in [-0.25, -0.2) is 9.50 Å². The fourth-order valence-electron chi connectivity index (χ4n) is 6.30. The number of nitrogens with zero attached hydrogens (tertiary/aromatic N) is 4. The number of hydrogen-bond acceptors (Lipinski definition) is 4. The van der Waals surface area contributed by atoms with Crippen molar-refractivity contribution in [3.63, 3.8) is 0 Å². The van der Waals surface area contributed by atoms with E-state index in [4.69, 9.17) is 4.98 Å². The molecule has 0 unspecified atom stereocenters. The van der Waals surface area contributed by atoms with Crippen LogP contribution in [0.15, 0.2) is 10.9 Å². The van der Waals surface area contributed by atoms with Crippen molar-refractivity contribution in [1.82, 2.24) is 24.4 Å². The molecule has 4 heterocycles. The number of piperidine rings is 1. The van der Waals surface area contributed by atoms with Gasteiger partial charge in [-0.1, -0.05) is 26.2 Å². The fourth-order valence-corrected chi connectivity index (χ4v) is 6.30. The SMILES string of the molecule is C[C@@H]1C[C@@H]1C(=O)N1CCC(c2cc3nc4c(c(=O)n3[nH]2)CN(C2CCCCC2)CC4)CC1. The summed E-state index contributed by atoms with van der Waals surface area (Å²) in [6.45, 7) is 5.56. The van der Waals surface area contributed by atoms with Gasteiger partial charge in [-0.2, -0.15) is 0 Å². The van der Waals surface area contributed by atoms with Crippen LogP contribution in [-0.4, -0.2) is 56.0 Å². The van der Waals surface area contributed by atoms with Crippen LogP contribution >= 0.6 is 0 Å². The molecule has 6 rings (SSSR count). The molecule has 4 aliphatic rings. The van der Waals surface area contributed by atoms with Crippen LogP contribution in [0.1, 0.15) is 81.2 Å². The van der Waals surface area contributed by atoms with Gasteiger partial charge in [-0.05, 0) is 38.0 Å². The minimum atomic E-state index is 0.0760. The van der Waals surface area contributed by atoms with E-state index in [9.17, 15) is 9.59 Å². The van der Waals surface area contributed by atoms with Crippen LogP contribution in [-0.2, 0) is 17.8 Å². The molecule has 2 atom stereocenters. The zero-order chi connectivity index (χ0) is 21.8. The van der Waals surface area contributed by atoms with E-state index in [1.165, 1.54) is 32.1 Å². The van der Waals surface area contributed by atoms with Gasteiger partial charge in [0.15, 0.2) is 5.65 Å². The summed E-state index contributed by atoms with van der Waals surface area (Å²) in [5.74, 6) is 1.53. The average molecular weight is 438 g/mol. The minimum Gasteiger partial charge on any atom is -0.342 e. The van der Waals surface area contributed by atoms with Crippen LogP contribution < -0.4 is 5.56 Å². The molecule has 172 valence electrons. The van der Waals surface area contributed by atoms with Crippen LogP contribution in [0.2, 0.25) is 0 Å². The first kappa shape index (κ1) is 20.5. The van der Waals surface area contributed by atoms with Gasteiger partial charge in [-0.15, -0.1) is 0 Å². The van der Waals surface area contributed by atoms with Crippen molar-refractivity contribution < 1.29 is 4.79 Å². The molecule has 2 aromatic rings. The van der Waals surface area contributed by atoms with E-state index < -0.39 is 0 Å². The lowest BCUT2D eigenvalue weighted by molar-refractivity contribution is -0.133. The number of fused-ring (bicyclic) bond motifs is 2. The second-order valence-electron chi connectivity index (χ2n) is 10.7. The lowest BCUT2D eigenvalue weighted by atomic mass is 9.92. The van der Waals surface area contributed by atoms with Gasteiger partial charge in [0.2, 0.25) is 5.91 Å². The summed E-state index contributed by atoms with van der Waals surface area (Å²) < 4.78 is 1.67. The summed E-state index contributed by atoms with van der Waals surface area (Å²) >= 11 is 0. The first-order chi connectivity index (χ1) is 15.6. The molecular weight excluding hydrogens is 402 g/mol. The molecular formula is C25H35N5O2. The van der Waals surface area contributed by atoms with E-state index in [0.29, 0.717) is 23.8 Å². The highest BCUT2D eigenvalue weighted by Gasteiger charge is 2.42. The molecule has 7 nitrogen and oxygen atoms in total. The Balaban J connectivity index is 1.19. The highest BCUT2D eigenvalue weighted by Crippen LogP contribution is 2.40. The van der Waals surface area contributed by atoms with Crippen molar-refractivity contribution in [3.05, 3.63) is 33.4 Å². The fraction of sp³-hybridized carbons (Fsp3) is 0.720. The van der Waals surface area contributed by atoms with Crippen molar-refractivity contribution in [2.45, 2.75) is 83.2 Å². The smallest absolute Gasteiger partial charge is 0.277 e. The van der Waals surface area contributed by atoms with E-state index in [0.717, 1.165) is 74.5 Å². The Morgan fingerprint density at radius 2 is 1.84 bits per heavy atom. The van der Waals surface area contributed by atoms with Gasteiger partial charge in [0.05, 0.1) is 11.3 Å². The van der Waals surface area contributed by atoms with E-state index in [-0.39, 0.29) is 11.5 Å². The molecule has 2 saturated carbocycles. The van der Waals surface area contributed by atoms with Crippen molar-refractivity contribution in [2.24, 2.45) is 11.8 Å². The largest absolute Gasteiger partial charge is 0.342 e. The highest BCUT2D eigenvalue weighted by molar-refractivity contribution is 5.81. The van der Waals surface area contributed by atoms with Crippen molar-refractivity contribution in [3.8, 4) is 0 Å². The van der Waals surface area contributed by atoms with Crippen LogP contribution in [0, 0.1) is 11.8 Å². The van der Waals surface area contributed by atoms with Crippen LogP contribution in [0.4, 0.5) is 0 Å². The summed E-state index contributed by atoms with van der Waals surface area (Å²) in [6, 6.07) is 2.70. The second kappa shape index (κ2) is 8.01. The zero-order valence-corrected chi connectivity index (χ0v) is 19.2. The van der Waals surface area contributed by atoms with Crippen LogP contribution in [0.25, 0.3) is 5.65 Å². The molecule has 2 aromatic heterocycles. The molecule has 1 amide bonds. The summed E-state index contributed by atoms with van der Waals surface area (Å²) in [4.78, 5) is 35.4. The third-order valence-electron chi connectivity index (χ3n) is 8.57. The molecule has 3 fully saturated rings. The predicted molar refractivity (Wildman–Crippen MR) is 123 cm³/mol. The molecule has 0 aromatic carbocycles. The number of aromatic amines is 1. The van der Waals surface area contributed by atoms with E-state index >= 15 is 0 Å². The molecule has 7 heteroatoms. The van der Waals surface area contributed by atoms with Crippen molar-refractivity contribution >= 4 is 11.6 Å². The number of amides is 1. The minimum absolute atomic E-state index is 0.0760. The van der Waals surface area contributed by atoms with Crippen LogP contribution in [0.3, 0.4) is 0 Å². The van der Waals surface area contributed by atoms with Crippen LogP contribution in [0.5, 0.6) is 0 Å². The Kier molecular flexibility index (Phi) is 5.12. The molecule has 0 radical (unpaired) electrons. The zero-order valence-electron chi connectivity index (χ0n) is 19.2. The second-order valence-corrected chi connectivity index (χ2v) is 10.7. The lowest BCUT2D eigenvalue weighted by Gasteiger charge is -2.36. The first-order valence-electron chi connectivity index (χ1n) is 12.7. The number of H-pyrrole nitrogens is 1. The summed E-state index contributed by atoms with van der Waals surface area (Å²) in [7, 11) is 0. The van der Waals surface area contributed by atoms with Gasteiger partial charge in [0, 0.05) is 62.2 Å². The lowest BCUT2D eigenvalue weighted by Crippen LogP contribution is -2.43. The number of nitrogens with one attached hydrogen (secondary N) is 1. The standard InChI is InChI=1S/C25H35N5O2/c1-16-13-19(16)24(31)28-10-7-17(8-11-28)22-14-23-26-21-9-12-29(18-5-3-2-4-6-18)15-20(21)25(32)30(23)27-22/h14,16-19,27H,2-13,15H2,1H3/t16-,19+/m1/s1. The third-order valence-corrected chi connectivity index (χ3v) is 8.57. The van der Waals surface area contributed by atoms with Gasteiger partial charge < -0.3 is 4.90 Å². The average Bonchev–Trinajstić information content (AvgIpc) is 3.41.